The highest BCUT2D eigenvalue weighted by Crippen LogP contribution is 2.14. The smallest absolute Gasteiger partial charge is 0.118 e. The van der Waals surface area contributed by atoms with Gasteiger partial charge in [-0.2, -0.15) is 0 Å². The maximum atomic E-state index is 6.13. The number of hydrogen-bond acceptors (Lipinski definition) is 3. The van der Waals surface area contributed by atoms with Crippen LogP contribution in [0.3, 0.4) is 0 Å². The van der Waals surface area contributed by atoms with Gasteiger partial charge in [0.25, 0.3) is 0 Å². The van der Waals surface area contributed by atoms with E-state index >= 15 is 0 Å². The summed E-state index contributed by atoms with van der Waals surface area (Å²) in [6, 6.07) is 12.3. The van der Waals surface area contributed by atoms with Gasteiger partial charge in [-0.15, -0.1) is 0 Å². The lowest BCUT2D eigenvalue weighted by Gasteiger charge is -2.10. The number of rotatable bonds is 7. The minimum atomic E-state index is 0.215. The van der Waals surface area contributed by atoms with E-state index < -0.39 is 0 Å². The molecule has 2 N–H and O–H groups in total. The third-order valence-electron chi connectivity index (χ3n) is 3.30. The van der Waals surface area contributed by atoms with E-state index in [9.17, 15) is 0 Å². The Morgan fingerprint density at radius 1 is 1.11 bits per heavy atom. The summed E-state index contributed by atoms with van der Waals surface area (Å²) in [7, 11) is 1.68. The second kappa shape index (κ2) is 7.00. The molecule has 1 unspecified atom stereocenters. The fourth-order valence-electron chi connectivity index (χ4n) is 2.07. The van der Waals surface area contributed by atoms with Gasteiger partial charge in [-0.3, -0.25) is 0 Å². The lowest BCUT2D eigenvalue weighted by atomic mass is 10.0. The van der Waals surface area contributed by atoms with Gasteiger partial charge in [0.1, 0.15) is 11.5 Å². The van der Waals surface area contributed by atoms with E-state index in [-0.39, 0.29) is 6.04 Å². The van der Waals surface area contributed by atoms with Crippen molar-refractivity contribution in [3.8, 4) is 5.75 Å². The van der Waals surface area contributed by atoms with Crippen LogP contribution in [0.2, 0.25) is 0 Å². The van der Waals surface area contributed by atoms with Crippen LogP contribution >= 0.6 is 0 Å². The molecule has 0 amide bonds. The van der Waals surface area contributed by atoms with Crippen molar-refractivity contribution in [3.05, 3.63) is 54.0 Å². The Balaban J connectivity index is 1.71. The normalized spacial score (nSPS) is 12.3. The summed E-state index contributed by atoms with van der Waals surface area (Å²) in [5.74, 6) is 1.91. The molecule has 0 aliphatic carbocycles. The Kier molecular flexibility index (Phi) is 5.04. The molecule has 1 aromatic carbocycles. The third kappa shape index (κ3) is 4.45. The van der Waals surface area contributed by atoms with E-state index in [2.05, 4.69) is 12.1 Å². The molecule has 19 heavy (non-hydrogen) atoms. The van der Waals surface area contributed by atoms with Crippen LogP contribution in [0, 0.1) is 0 Å². The first-order valence-corrected chi connectivity index (χ1v) is 6.69. The van der Waals surface area contributed by atoms with E-state index in [1.165, 1.54) is 5.56 Å². The molecule has 0 bridgehead atoms. The minimum Gasteiger partial charge on any atom is -0.497 e. The molecule has 0 saturated heterocycles. The van der Waals surface area contributed by atoms with Gasteiger partial charge < -0.3 is 14.9 Å². The monoisotopic (exact) mass is 259 g/mol. The summed E-state index contributed by atoms with van der Waals surface area (Å²) >= 11 is 0. The number of aryl methyl sites for hydroxylation is 2. The minimum absolute atomic E-state index is 0.215. The van der Waals surface area contributed by atoms with Crippen molar-refractivity contribution in [3.63, 3.8) is 0 Å². The average molecular weight is 259 g/mol. The molecule has 0 aliphatic heterocycles. The van der Waals surface area contributed by atoms with Crippen molar-refractivity contribution in [2.24, 2.45) is 5.73 Å². The molecule has 3 heteroatoms. The first kappa shape index (κ1) is 13.7. The summed E-state index contributed by atoms with van der Waals surface area (Å²) in [6.45, 7) is 0. The van der Waals surface area contributed by atoms with Crippen LogP contribution in [0.15, 0.2) is 47.1 Å². The number of hydrogen-bond donors (Lipinski definition) is 1. The second-order valence-corrected chi connectivity index (χ2v) is 4.76. The molecule has 0 fully saturated rings. The molecule has 2 aromatic rings. The number of furan rings is 1. The molecule has 3 nitrogen and oxygen atoms in total. The van der Waals surface area contributed by atoms with Gasteiger partial charge in [-0.1, -0.05) is 12.1 Å². The molecular formula is C16H21NO2. The lowest BCUT2D eigenvalue weighted by molar-refractivity contribution is 0.414. The Morgan fingerprint density at radius 3 is 2.47 bits per heavy atom. The van der Waals surface area contributed by atoms with E-state index in [0.717, 1.165) is 37.2 Å². The van der Waals surface area contributed by atoms with Crippen LogP contribution in [0.1, 0.15) is 24.2 Å². The van der Waals surface area contributed by atoms with Crippen molar-refractivity contribution in [1.29, 1.82) is 0 Å². The second-order valence-electron chi connectivity index (χ2n) is 4.76. The van der Waals surface area contributed by atoms with Crippen molar-refractivity contribution in [2.75, 3.05) is 7.11 Å². The zero-order chi connectivity index (χ0) is 13.5. The van der Waals surface area contributed by atoms with Gasteiger partial charge in [0.2, 0.25) is 0 Å². The summed E-state index contributed by atoms with van der Waals surface area (Å²) in [5, 5.41) is 0. The molecule has 0 spiro atoms. The maximum absolute atomic E-state index is 6.13. The average Bonchev–Trinajstić information content (AvgIpc) is 2.96. The SMILES string of the molecule is COc1ccc(CCC(N)CCc2ccco2)cc1. The van der Waals surface area contributed by atoms with E-state index in [1.807, 2.05) is 24.3 Å². The largest absolute Gasteiger partial charge is 0.497 e. The molecular weight excluding hydrogens is 238 g/mol. The fraction of sp³-hybridized carbons (Fsp3) is 0.375. The zero-order valence-corrected chi connectivity index (χ0v) is 11.3. The molecule has 1 heterocycles. The van der Waals surface area contributed by atoms with Crippen LogP contribution in [0.5, 0.6) is 5.75 Å². The van der Waals surface area contributed by atoms with Gasteiger partial charge in [0.15, 0.2) is 0 Å². The lowest BCUT2D eigenvalue weighted by Crippen LogP contribution is -2.21. The molecule has 1 aromatic heterocycles. The Morgan fingerprint density at radius 2 is 1.84 bits per heavy atom. The first-order valence-electron chi connectivity index (χ1n) is 6.69. The maximum Gasteiger partial charge on any atom is 0.118 e. The van der Waals surface area contributed by atoms with E-state index in [1.54, 1.807) is 13.4 Å². The van der Waals surface area contributed by atoms with Gasteiger partial charge in [0, 0.05) is 12.5 Å². The topological polar surface area (TPSA) is 48.4 Å². The molecule has 2 rings (SSSR count). The summed E-state index contributed by atoms with van der Waals surface area (Å²) in [5.41, 5.74) is 7.43. The first-order chi connectivity index (χ1) is 9.28. The highest BCUT2D eigenvalue weighted by atomic mass is 16.5. The van der Waals surface area contributed by atoms with E-state index in [4.69, 9.17) is 14.9 Å². The number of methoxy groups -OCH3 is 1. The molecule has 1 atom stereocenters. The zero-order valence-electron chi connectivity index (χ0n) is 11.3. The van der Waals surface area contributed by atoms with Crippen molar-refractivity contribution >= 4 is 0 Å². The molecule has 102 valence electrons. The van der Waals surface area contributed by atoms with Crippen molar-refractivity contribution < 1.29 is 9.15 Å². The highest BCUT2D eigenvalue weighted by molar-refractivity contribution is 5.27. The summed E-state index contributed by atoms with van der Waals surface area (Å²) in [6.07, 6.45) is 5.58. The Labute approximate surface area is 114 Å². The number of nitrogens with two attached hydrogens (primary N) is 1. The molecule has 0 saturated carbocycles. The van der Waals surface area contributed by atoms with Crippen molar-refractivity contribution in [2.45, 2.75) is 31.7 Å². The third-order valence-corrected chi connectivity index (χ3v) is 3.30. The van der Waals surface area contributed by atoms with Crippen LogP contribution < -0.4 is 10.5 Å². The van der Waals surface area contributed by atoms with Crippen LogP contribution in [-0.4, -0.2) is 13.2 Å². The summed E-state index contributed by atoms with van der Waals surface area (Å²) in [4.78, 5) is 0. The van der Waals surface area contributed by atoms with Gasteiger partial charge >= 0.3 is 0 Å². The van der Waals surface area contributed by atoms with Crippen LogP contribution in [0.4, 0.5) is 0 Å². The standard InChI is InChI=1S/C16H21NO2/c1-18-15-9-5-13(6-10-15)4-7-14(17)8-11-16-3-2-12-19-16/h2-3,5-6,9-10,12,14H,4,7-8,11,17H2,1H3. The number of ether oxygens (including phenoxy) is 1. The predicted octanol–water partition coefficient (Wildman–Crippen LogP) is 3.18. The quantitative estimate of drug-likeness (QED) is 0.830. The Bertz CT molecular complexity index is 462. The van der Waals surface area contributed by atoms with Crippen molar-refractivity contribution in [1.82, 2.24) is 0 Å². The van der Waals surface area contributed by atoms with Crippen LogP contribution in [-0.2, 0) is 12.8 Å². The Hall–Kier alpha value is -1.74. The highest BCUT2D eigenvalue weighted by Gasteiger charge is 2.05. The van der Waals surface area contributed by atoms with Crippen LogP contribution in [0.25, 0.3) is 0 Å². The van der Waals surface area contributed by atoms with Gasteiger partial charge in [-0.25, -0.2) is 0 Å². The summed E-state index contributed by atoms with van der Waals surface area (Å²) < 4.78 is 10.4. The molecule has 0 radical (unpaired) electrons. The predicted molar refractivity (Wildman–Crippen MR) is 76.3 cm³/mol. The fourth-order valence-corrected chi connectivity index (χ4v) is 2.07. The number of benzene rings is 1. The van der Waals surface area contributed by atoms with E-state index in [0.29, 0.717) is 0 Å². The van der Waals surface area contributed by atoms with Gasteiger partial charge in [-0.05, 0) is 49.1 Å². The molecule has 0 aliphatic rings. The van der Waals surface area contributed by atoms with Gasteiger partial charge in [0.05, 0.1) is 13.4 Å².